The number of fused-ring (bicyclic) bond motifs is 2. The average molecular weight is 308 g/mol. The highest BCUT2D eigenvalue weighted by Gasteiger charge is 2.19. The van der Waals surface area contributed by atoms with Crippen LogP contribution in [0.15, 0.2) is 48.5 Å². The molecule has 0 saturated carbocycles. The van der Waals surface area contributed by atoms with Crippen LogP contribution >= 0.6 is 0 Å². The second-order valence-electron chi connectivity index (χ2n) is 5.75. The number of hydrogen-bond acceptors (Lipinski definition) is 2. The summed E-state index contributed by atoms with van der Waals surface area (Å²) in [7, 11) is 0. The zero-order valence-electron chi connectivity index (χ0n) is 13.2. The Hall–Kier alpha value is -2.55. The first-order chi connectivity index (χ1) is 11.2. The second-order valence-corrected chi connectivity index (χ2v) is 5.75. The van der Waals surface area contributed by atoms with Gasteiger partial charge in [0.1, 0.15) is 12.4 Å². The van der Waals surface area contributed by atoms with Crippen molar-refractivity contribution >= 4 is 11.5 Å². The van der Waals surface area contributed by atoms with Crippen molar-refractivity contribution in [1.29, 1.82) is 0 Å². The number of aliphatic carboxylic acids is 1. The van der Waals surface area contributed by atoms with Gasteiger partial charge in [0, 0.05) is 5.56 Å². The second kappa shape index (κ2) is 6.69. The molecule has 0 fully saturated rings. The third-order valence-electron chi connectivity index (χ3n) is 4.02. The topological polar surface area (TPSA) is 46.5 Å². The molecule has 2 aromatic rings. The first-order valence-electron chi connectivity index (χ1n) is 7.95. The molecule has 0 atom stereocenters. The number of allylic oxidation sites excluding steroid dienone is 1. The minimum absolute atomic E-state index is 0.0238. The minimum atomic E-state index is -0.820. The molecule has 3 rings (SSSR count). The molecule has 0 radical (unpaired) electrons. The van der Waals surface area contributed by atoms with Crippen LogP contribution in [-0.2, 0) is 17.8 Å². The SMILES string of the molecule is CCC/C=C1/c2ccccc2COc2ccc(CC(=O)O)cc21. The highest BCUT2D eigenvalue weighted by atomic mass is 16.5. The lowest BCUT2D eigenvalue weighted by atomic mass is 9.92. The van der Waals surface area contributed by atoms with Crippen LogP contribution in [0.2, 0.25) is 0 Å². The molecule has 0 unspecified atom stereocenters. The Bertz CT molecular complexity index is 759. The molecule has 1 aliphatic heterocycles. The van der Waals surface area contributed by atoms with Crippen LogP contribution < -0.4 is 4.74 Å². The van der Waals surface area contributed by atoms with Gasteiger partial charge < -0.3 is 9.84 Å². The molecule has 1 N–H and O–H groups in total. The van der Waals surface area contributed by atoms with E-state index in [0.717, 1.165) is 40.9 Å². The Morgan fingerprint density at radius 1 is 1.22 bits per heavy atom. The van der Waals surface area contributed by atoms with Gasteiger partial charge in [-0.1, -0.05) is 49.8 Å². The van der Waals surface area contributed by atoms with Gasteiger partial charge in [-0.25, -0.2) is 0 Å². The largest absolute Gasteiger partial charge is 0.488 e. The number of rotatable bonds is 4. The van der Waals surface area contributed by atoms with Gasteiger partial charge in [0.05, 0.1) is 6.42 Å². The van der Waals surface area contributed by atoms with Crippen molar-refractivity contribution in [3.8, 4) is 5.75 Å². The van der Waals surface area contributed by atoms with Crippen molar-refractivity contribution in [3.05, 3.63) is 70.8 Å². The maximum Gasteiger partial charge on any atom is 0.307 e. The number of carbonyl (C=O) groups is 1. The van der Waals surface area contributed by atoms with Crippen molar-refractivity contribution in [2.45, 2.75) is 32.8 Å². The molecule has 0 aliphatic carbocycles. The van der Waals surface area contributed by atoms with E-state index in [9.17, 15) is 4.79 Å². The molecular weight excluding hydrogens is 288 g/mol. The van der Waals surface area contributed by atoms with Crippen LogP contribution in [0.1, 0.15) is 42.0 Å². The molecule has 1 aliphatic rings. The van der Waals surface area contributed by atoms with E-state index in [-0.39, 0.29) is 6.42 Å². The molecular formula is C20H20O3. The summed E-state index contributed by atoms with van der Waals surface area (Å²) >= 11 is 0. The third kappa shape index (κ3) is 3.29. The monoisotopic (exact) mass is 308 g/mol. The van der Waals surface area contributed by atoms with Crippen molar-refractivity contribution in [2.24, 2.45) is 0 Å². The van der Waals surface area contributed by atoms with E-state index in [1.54, 1.807) is 0 Å². The van der Waals surface area contributed by atoms with Gasteiger partial charge >= 0.3 is 5.97 Å². The molecule has 118 valence electrons. The van der Waals surface area contributed by atoms with Gasteiger partial charge in [-0.2, -0.15) is 0 Å². The smallest absolute Gasteiger partial charge is 0.307 e. The van der Waals surface area contributed by atoms with Gasteiger partial charge in [0.2, 0.25) is 0 Å². The summed E-state index contributed by atoms with van der Waals surface area (Å²) in [5.41, 5.74) is 5.25. The zero-order valence-corrected chi connectivity index (χ0v) is 13.2. The molecule has 0 bridgehead atoms. The fourth-order valence-corrected chi connectivity index (χ4v) is 2.92. The van der Waals surface area contributed by atoms with Crippen LogP contribution in [0.3, 0.4) is 0 Å². The van der Waals surface area contributed by atoms with Gasteiger partial charge in [-0.3, -0.25) is 4.79 Å². The van der Waals surface area contributed by atoms with E-state index in [1.165, 1.54) is 5.56 Å². The molecule has 0 spiro atoms. The normalized spacial score (nSPS) is 14.6. The van der Waals surface area contributed by atoms with Gasteiger partial charge in [-0.05, 0) is 40.8 Å². The van der Waals surface area contributed by atoms with E-state index in [0.29, 0.717) is 6.61 Å². The van der Waals surface area contributed by atoms with Crippen LogP contribution in [-0.4, -0.2) is 11.1 Å². The molecule has 0 saturated heterocycles. The summed E-state index contributed by atoms with van der Waals surface area (Å²) in [6.45, 7) is 2.68. The number of unbranched alkanes of at least 4 members (excludes halogenated alkanes) is 1. The van der Waals surface area contributed by atoms with Crippen LogP contribution in [0, 0.1) is 0 Å². The van der Waals surface area contributed by atoms with E-state index in [2.05, 4.69) is 25.1 Å². The first-order valence-corrected chi connectivity index (χ1v) is 7.95. The van der Waals surface area contributed by atoms with E-state index < -0.39 is 5.97 Å². The van der Waals surface area contributed by atoms with Gasteiger partial charge in [0.25, 0.3) is 0 Å². The third-order valence-corrected chi connectivity index (χ3v) is 4.02. The lowest BCUT2D eigenvalue weighted by molar-refractivity contribution is -0.136. The summed E-state index contributed by atoms with van der Waals surface area (Å²) in [6, 6.07) is 13.9. The van der Waals surface area contributed by atoms with Crippen LogP contribution in [0.5, 0.6) is 5.75 Å². The fraction of sp³-hybridized carbons (Fsp3) is 0.250. The van der Waals surface area contributed by atoms with Crippen LogP contribution in [0.25, 0.3) is 5.57 Å². The summed E-state index contributed by atoms with van der Waals surface area (Å²) in [4.78, 5) is 11.0. The van der Waals surface area contributed by atoms with E-state index >= 15 is 0 Å². The zero-order chi connectivity index (χ0) is 16.2. The Balaban J connectivity index is 2.14. The highest BCUT2D eigenvalue weighted by molar-refractivity contribution is 5.85. The van der Waals surface area contributed by atoms with Crippen LogP contribution in [0.4, 0.5) is 0 Å². The number of carboxylic acids is 1. The van der Waals surface area contributed by atoms with Gasteiger partial charge in [-0.15, -0.1) is 0 Å². The summed E-state index contributed by atoms with van der Waals surface area (Å²) in [6.07, 6.45) is 4.30. The van der Waals surface area contributed by atoms with Crippen molar-refractivity contribution < 1.29 is 14.6 Å². The molecule has 2 aromatic carbocycles. The molecule has 1 heterocycles. The summed E-state index contributed by atoms with van der Waals surface area (Å²) in [5, 5.41) is 9.05. The number of benzene rings is 2. The quantitative estimate of drug-likeness (QED) is 0.908. The fourth-order valence-electron chi connectivity index (χ4n) is 2.92. The Kier molecular flexibility index (Phi) is 4.47. The lowest BCUT2D eigenvalue weighted by Gasteiger charge is -2.12. The number of hydrogen-bond donors (Lipinski definition) is 1. The van der Waals surface area contributed by atoms with Crippen molar-refractivity contribution in [1.82, 2.24) is 0 Å². The average Bonchev–Trinajstić information content (AvgIpc) is 2.69. The Labute approximate surface area is 136 Å². The van der Waals surface area contributed by atoms with Crippen molar-refractivity contribution in [3.63, 3.8) is 0 Å². The standard InChI is InChI=1S/C20H20O3/c1-2-3-7-17-16-8-5-4-6-15(16)13-23-19-10-9-14(11-18(17)19)12-20(21)22/h4-11H,2-3,12-13H2,1H3,(H,21,22)/b17-7-. The maximum atomic E-state index is 11.0. The summed E-state index contributed by atoms with van der Waals surface area (Å²) < 4.78 is 5.96. The molecule has 23 heavy (non-hydrogen) atoms. The molecule has 0 aromatic heterocycles. The summed E-state index contributed by atoms with van der Waals surface area (Å²) in [5.74, 6) is -0.00308. The number of ether oxygens (including phenoxy) is 1. The van der Waals surface area contributed by atoms with E-state index in [1.807, 2.05) is 30.3 Å². The molecule has 3 heteroatoms. The van der Waals surface area contributed by atoms with Crippen molar-refractivity contribution in [2.75, 3.05) is 0 Å². The molecule has 3 nitrogen and oxygen atoms in total. The minimum Gasteiger partial charge on any atom is -0.488 e. The highest BCUT2D eigenvalue weighted by Crippen LogP contribution is 2.37. The molecule has 0 amide bonds. The number of carboxylic acid groups (broad SMARTS) is 1. The predicted octanol–water partition coefficient (Wildman–Crippen LogP) is 4.44. The van der Waals surface area contributed by atoms with E-state index in [4.69, 9.17) is 9.84 Å². The Morgan fingerprint density at radius 3 is 2.83 bits per heavy atom. The first kappa shape index (κ1) is 15.3. The van der Waals surface area contributed by atoms with Gasteiger partial charge in [0.15, 0.2) is 0 Å². The predicted molar refractivity (Wildman–Crippen MR) is 90.5 cm³/mol. The Morgan fingerprint density at radius 2 is 2.04 bits per heavy atom. The lowest BCUT2D eigenvalue weighted by Crippen LogP contribution is -2.01. The maximum absolute atomic E-state index is 11.0.